The number of benzene rings is 1. The van der Waals surface area contributed by atoms with E-state index in [-0.39, 0.29) is 11.6 Å². The summed E-state index contributed by atoms with van der Waals surface area (Å²) >= 11 is 0. The number of hydrogen-bond acceptors (Lipinski definition) is 2. The lowest BCUT2D eigenvalue weighted by molar-refractivity contribution is 0.0949. The summed E-state index contributed by atoms with van der Waals surface area (Å²) in [6.45, 7) is 5.27. The monoisotopic (exact) mass is 249 g/mol. The molecule has 1 atom stereocenters. The molecule has 0 N–H and O–H groups in total. The van der Waals surface area contributed by atoms with Gasteiger partial charge in [-0.25, -0.2) is 4.39 Å². The van der Waals surface area contributed by atoms with E-state index >= 15 is 0 Å². The molecule has 1 heterocycles. The van der Waals surface area contributed by atoms with Crippen LogP contribution in [-0.4, -0.2) is 30.3 Å². The number of ketones is 1. The van der Waals surface area contributed by atoms with Gasteiger partial charge in [-0.15, -0.1) is 0 Å². The van der Waals surface area contributed by atoms with Crippen molar-refractivity contribution < 1.29 is 9.18 Å². The van der Waals surface area contributed by atoms with Crippen molar-refractivity contribution in [3.63, 3.8) is 0 Å². The fourth-order valence-electron chi connectivity index (χ4n) is 2.53. The van der Waals surface area contributed by atoms with Gasteiger partial charge < -0.3 is 4.90 Å². The molecule has 2 nitrogen and oxygen atoms in total. The molecule has 0 aromatic heterocycles. The predicted octanol–water partition coefficient (Wildman–Crippen LogP) is 3.13. The Hall–Kier alpha value is -1.22. The zero-order chi connectivity index (χ0) is 13.0. The zero-order valence-electron chi connectivity index (χ0n) is 10.9. The minimum atomic E-state index is -0.295. The maximum atomic E-state index is 12.8. The third kappa shape index (κ3) is 3.64. The van der Waals surface area contributed by atoms with Crippen molar-refractivity contribution in [2.45, 2.75) is 26.2 Å². The largest absolute Gasteiger partial charge is 0.303 e. The molecule has 0 bridgehead atoms. The Kier molecular flexibility index (Phi) is 4.48. The lowest BCUT2D eigenvalue weighted by Gasteiger charge is -2.30. The highest BCUT2D eigenvalue weighted by Gasteiger charge is 2.17. The van der Waals surface area contributed by atoms with Crippen molar-refractivity contribution in [1.29, 1.82) is 0 Å². The van der Waals surface area contributed by atoms with Gasteiger partial charge in [0.15, 0.2) is 5.78 Å². The smallest absolute Gasteiger partial charge is 0.164 e. The maximum Gasteiger partial charge on any atom is 0.164 e. The maximum absolute atomic E-state index is 12.8. The minimum absolute atomic E-state index is 0.105. The minimum Gasteiger partial charge on any atom is -0.303 e. The number of nitrogens with zero attached hydrogens (tertiary/aromatic N) is 1. The van der Waals surface area contributed by atoms with Gasteiger partial charge in [0.25, 0.3) is 0 Å². The van der Waals surface area contributed by atoms with Crippen LogP contribution in [0.5, 0.6) is 0 Å². The van der Waals surface area contributed by atoms with Gasteiger partial charge in [0.2, 0.25) is 0 Å². The molecule has 0 aliphatic carbocycles. The second kappa shape index (κ2) is 6.10. The number of Topliss-reactive ketones (excluding diaryl/α,β-unsaturated/α-hetero) is 1. The zero-order valence-corrected chi connectivity index (χ0v) is 10.9. The van der Waals surface area contributed by atoms with E-state index in [1.807, 2.05) is 0 Å². The van der Waals surface area contributed by atoms with Crippen molar-refractivity contribution in [1.82, 2.24) is 4.90 Å². The molecule has 1 saturated heterocycles. The van der Waals surface area contributed by atoms with E-state index in [0.717, 1.165) is 25.6 Å². The summed E-state index contributed by atoms with van der Waals surface area (Å²) in [5, 5.41) is 0. The highest BCUT2D eigenvalue weighted by molar-refractivity contribution is 5.96. The van der Waals surface area contributed by atoms with Crippen molar-refractivity contribution >= 4 is 5.78 Å². The Morgan fingerprint density at radius 1 is 1.39 bits per heavy atom. The van der Waals surface area contributed by atoms with Gasteiger partial charge in [-0.05, 0) is 49.6 Å². The number of rotatable bonds is 4. The van der Waals surface area contributed by atoms with Crippen LogP contribution in [0.4, 0.5) is 4.39 Å². The SMILES string of the molecule is C[C@@H]1CCCN(CCC(=O)c2ccc(F)cc2)C1. The average molecular weight is 249 g/mol. The first-order valence-electron chi connectivity index (χ1n) is 6.66. The van der Waals surface area contributed by atoms with Gasteiger partial charge in [0.05, 0.1) is 0 Å². The van der Waals surface area contributed by atoms with E-state index in [4.69, 9.17) is 0 Å². The van der Waals surface area contributed by atoms with E-state index < -0.39 is 0 Å². The summed E-state index contributed by atoms with van der Waals surface area (Å²) in [5.74, 6) is 0.546. The summed E-state index contributed by atoms with van der Waals surface area (Å²) < 4.78 is 12.8. The Morgan fingerprint density at radius 2 is 2.11 bits per heavy atom. The number of halogens is 1. The van der Waals surface area contributed by atoms with Crippen LogP contribution in [0.2, 0.25) is 0 Å². The van der Waals surface area contributed by atoms with Crippen molar-refractivity contribution in [2.75, 3.05) is 19.6 Å². The highest BCUT2D eigenvalue weighted by Crippen LogP contribution is 2.16. The lowest BCUT2D eigenvalue weighted by Crippen LogP contribution is -2.35. The van der Waals surface area contributed by atoms with Crippen molar-refractivity contribution in [3.05, 3.63) is 35.6 Å². The van der Waals surface area contributed by atoms with E-state index in [1.165, 1.54) is 25.0 Å². The van der Waals surface area contributed by atoms with E-state index in [1.54, 1.807) is 12.1 Å². The molecular weight excluding hydrogens is 229 g/mol. The Balaban J connectivity index is 1.82. The van der Waals surface area contributed by atoms with Gasteiger partial charge in [-0.3, -0.25) is 4.79 Å². The molecule has 0 radical (unpaired) electrons. The lowest BCUT2D eigenvalue weighted by atomic mass is 9.99. The summed E-state index contributed by atoms with van der Waals surface area (Å²) in [7, 11) is 0. The van der Waals surface area contributed by atoms with Crippen LogP contribution in [0.3, 0.4) is 0 Å². The Bertz CT molecular complexity index is 401. The average Bonchev–Trinajstić information content (AvgIpc) is 2.37. The molecule has 0 spiro atoms. The van der Waals surface area contributed by atoms with Gasteiger partial charge in [0.1, 0.15) is 5.82 Å². The van der Waals surface area contributed by atoms with Crippen molar-refractivity contribution in [3.8, 4) is 0 Å². The quantitative estimate of drug-likeness (QED) is 0.764. The number of carbonyl (C=O) groups excluding carboxylic acids is 1. The first kappa shape index (κ1) is 13.2. The number of carbonyl (C=O) groups is 1. The molecule has 2 rings (SSSR count). The standard InChI is InChI=1S/C15H20FNO/c1-12-3-2-9-17(11-12)10-8-15(18)13-4-6-14(16)7-5-13/h4-7,12H,2-3,8-11H2,1H3/t12-/m1/s1. The fourth-order valence-corrected chi connectivity index (χ4v) is 2.53. The molecule has 1 aromatic carbocycles. The molecule has 1 aliphatic heterocycles. The molecule has 3 heteroatoms. The number of piperidine rings is 1. The first-order valence-corrected chi connectivity index (χ1v) is 6.66. The summed E-state index contributed by atoms with van der Waals surface area (Å²) in [6.07, 6.45) is 3.05. The van der Waals surface area contributed by atoms with Crippen LogP contribution in [-0.2, 0) is 0 Å². The fraction of sp³-hybridized carbons (Fsp3) is 0.533. The number of likely N-dealkylation sites (tertiary alicyclic amines) is 1. The van der Waals surface area contributed by atoms with Gasteiger partial charge >= 0.3 is 0 Å². The van der Waals surface area contributed by atoms with Gasteiger partial charge in [-0.1, -0.05) is 6.92 Å². The summed E-state index contributed by atoms with van der Waals surface area (Å²) in [5.41, 5.74) is 0.612. The van der Waals surface area contributed by atoms with Crippen LogP contribution in [0.25, 0.3) is 0 Å². The second-order valence-electron chi connectivity index (χ2n) is 5.23. The van der Waals surface area contributed by atoms with E-state index in [9.17, 15) is 9.18 Å². The highest BCUT2D eigenvalue weighted by atomic mass is 19.1. The van der Waals surface area contributed by atoms with Crippen LogP contribution in [0, 0.1) is 11.7 Å². The molecule has 18 heavy (non-hydrogen) atoms. The first-order chi connectivity index (χ1) is 8.65. The molecule has 1 aromatic rings. The number of hydrogen-bond donors (Lipinski definition) is 0. The third-order valence-electron chi connectivity index (χ3n) is 3.56. The predicted molar refractivity (Wildman–Crippen MR) is 70.2 cm³/mol. The normalized spacial score (nSPS) is 20.9. The van der Waals surface area contributed by atoms with Crippen LogP contribution in [0.1, 0.15) is 36.5 Å². The topological polar surface area (TPSA) is 20.3 Å². The molecule has 0 unspecified atom stereocenters. The van der Waals surface area contributed by atoms with Gasteiger partial charge in [-0.2, -0.15) is 0 Å². The molecular formula is C15H20FNO. The van der Waals surface area contributed by atoms with Crippen LogP contribution < -0.4 is 0 Å². The van der Waals surface area contributed by atoms with Crippen molar-refractivity contribution in [2.24, 2.45) is 5.92 Å². The molecule has 0 amide bonds. The Morgan fingerprint density at radius 3 is 2.78 bits per heavy atom. The third-order valence-corrected chi connectivity index (χ3v) is 3.56. The van der Waals surface area contributed by atoms with Gasteiger partial charge in [0, 0.05) is 25.1 Å². The molecule has 1 aliphatic rings. The summed E-state index contributed by atoms with van der Waals surface area (Å²) in [6, 6.07) is 5.82. The Labute approximate surface area is 108 Å². The summed E-state index contributed by atoms with van der Waals surface area (Å²) in [4.78, 5) is 14.3. The van der Waals surface area contributed by atoms with Crippen LogP contribution in [0.15, 0.2) is 24.3 Å². The van der Waals surface area contributed by atoms with E-state index in [0.29, 0.717) is 12.0 Å². The van der Waals surface area contributed by atoms with Crippen LogP contribution >= 0.6 is 0 Å². The molecule has 1 fully saturated rings. The molecule has 0 saturated carbocycles. The van der Waals surface area contributed by atoms with E-state index in [2.05, 4.69) is 11.8 Å². The second-order valence-corrected chi connectivity index (χ2v) is 5.23. The molecule has 98 valence electrons.